The van der Waals surface area contributed by atoms with Crippen LogP contribution in [0.1, 0.15) is 40.8 Å². The van der Waals surface area contributed by atoms with Gasteiger partial charge in [-0.3, -0.25) is 4.79 Å². The minimum Gasteiger partial charge on any atom is -0.497 e. The Balaban J connectivity index is 1.44. The number of benzene rings is 1. The number of hydrogen-bond acceptors (Lipinski definition) is 5. The molecule has 0 saturated carbocycles. The molecule has 1 atom stereocenters. The maximum absolute atomic E-state index is 12.8. The summed E-state index contributed by atoms with van der Waals surface area (Å²) in [5, 5.41) is 13.0. The van der Waals surface area contributed by atoms with Crippen molar-refractivity contribution in [1.82, 2.24) is 10.1 Å². The van der Waals surface area contributed by atoms with E-state index in [4.69, 9.17) is 14.4 Å². The number of hydrogen-bond donors (Lipinski definition) is 1. The molecule has 0 bridgehead atoms. The molecule has 6 heteroatoms. The maximum atomic E-state index is 12.8. The van der Waals surface area contributed by atoms with Gasteiger partial charge in [0.15, 0.2) is 5.76 Å². The van der Waals surface area contributed by atoms with Crippen molar-refractivity contribution in [2.24, 2.45) is 0 Å². The van der Waals surface area contributed by atoms with E-state index in [9.17, 15) is 4.79 Å². The molecule has 2 heterocycles. The van der Waals surface area contributed by atoms with E-state index >= 15 is 0 Å². The Labute approximate surface area is 140 Å². The van der Waals surface area contributed by atoms with Crippen LogP contribution in [-0.2, 0) is 17.8 Å². The van der Waals surface area contributed by atoms with E-state index in [1.165, 1.54) is 5.56 Å². The number of methoxy groups -OCH3 is 1. The van der Waals surface area contributed by atoms with Crippen molar-refractivity contribution in [3.05, 3.63) is 46.8 Å². The van der Waals surface area contributed by atoms with Crippen molar-refractivity contribution in [3.8, 4) is 5.75 Å². The predicted molar refractivity (Wildman–Crippen MR) is 85.8 cm³/mol. The maximum Gasteiger partial charge on any atom is 0.230 e. The molecular formula is C18H20N2O4. The monoisotopic (exact) mass is 328 g/mol. The molecule has 6 nitrogen and oxygen atoms in total. The minimum atomic E-state index is -0.150. The van der Waals surface area contributed by atoms with Gasteiger partial charge in [-0.05, 0) is 36.1 Å². The molecule has 2 aliphatic rings. The van der Waals surface area contributed by atoms with Crippen molar-refractivity contribution in [3.63, 3.8) is 0 Å². The lowest BCUT2D eigenvalue weighted by Crippen LogP contribution is -2.50. The number of aliphatic hydroxyl groups is 1. The number of aromatic nitrogens is 1. The molecule has 2 aromatic rings. The number of rotatable bonds is 4. The Morgan fingerprint density at radius 3 is 2.96 bits per heavy atom. The van der Waals surface area contributed by atoms with Gasteiger partial charge in [-0.2, -0.15) is 0 Å². The van der Waals surface area contributed by atoms with E-state index in [1.54, 1.807) is 13.2 Å². The molecule has 1 N–H and O–H groups in total. The van der Waals surface area contributed by atoms with Gasteiger partial charge >= 0.3 is 0 Å². The minimum absolute atomic E-state index is 0.0682. The molecule has 0 radical (unpaired) electrons. The lowest BCUT2D eigenvalue weighted by Gasteiger charge is -2.39. The van der Waals surface area contributed by atoms with E-state index in [1.807, 2.05) is 17.0 Å². The first-order valence-corrected chi connectivity index (χ1v) is 8.21. The molecular weight excluding hydrogens is 308 g/mol. The Hall–Kier alpha value is -2.34. The van der Waals surface area contributed by atoms with E-state index in [0.29, 0.717) is 18.8 Å². The van der Waals surface area contributed by atoms with Gasteiger partial charge < -0.3 is 19.3 Å². The summed E-state index contributed by atoms with van der Waals surface area (Å²) in [6.45, 7) is 1.17. The molecule has 0 spiro atoms. The predicted octanol–water partition coefficient (Wildman–Crippen LogP) is 1.83. The van der Waals surface area contributed by atoms with E-state index in [0.717, 1.165) is 29.8 Å². The molecule has 1 amide bonds. The molecule has 4 rings (SSSR count). The van der Waals surface area contributed by atoms with Crippen molar-refractivity contribution >= 4 is 5.91 Å². The third kappa shape index (κ3) is 2.47. The molecule has 1 saturated heterocycles. The average Bonchev–Trinajstić information content (AvgIpc) is 3.19. The Bertz CT molecular complexity index is 764. The topological polar surface area (TPSA) is 75.8 Å². The first kappa shape index (κ1) is 15.2. The zero-order chi connectivity index (χ0) is 16.7. The highest BCUT2D eigenvalue weighted by atomic mass is 16.5. The largest absolute Gasteiger partial charge is 0.497 e. The van der Waals surface area contributed by atoms with Crippen LogP contribution in [0.3, 0.4) is 0 Å². The van der Waals surface area contributed by atoms with Gasteiger partial charge in [-0.25, -0.2) is 0 Å². The first-order valence-electron chi connectivity index (χ1n) is 8.21. The van der Waals surface area contributed by atoms with E-state index in [-0.39, 0.29) is 24.3 Å². The smallest absolute Gasteiger partial charge is 0.230 e. The van der Waals surface area contributed by atoms with Gasteiger partial charge in [0.05, 0.1) is 18.7 Å². The summed E-state index contributed by atoms with van der Waals surface area (Å²) >= 11 is 0. The molecule has 24 heavy (non-hydrogen) atoms. The third-order valence-electron chi connectivity index (χ3n) is 5.07. The number of aryl methyl sites for hydroxylation is 1. The number of likely N-dealkylation sites (tertiary alicyclic amines) is 1. The molecule has 1 aliphatic heterocycles. The third-order valence-corrected chi connectivity index (χ3v) is 5.07. The zero-order valence-corrected chi connectivity index (χ0v) is 13.6. The average molecular weight is 328 g/mol. The van der Waals surface area contributed by atoms with Gasteiger partial charge in [0.25, 0.3) is 0 Å². The Morgan fingerprint density at radius 1 is 1.42 bits per heavy atom. The summed E-state index contributed by atoms with van der Waals surface area (Å²) in [5.74, 6) is 1.58. The molecule has 1 unspecified atom stereocenters. The van der Waals surface area contributed by atoms with Crippen molar-refractivity contribution in [2.75, 3.05) is 20.2 Å². The van der Waals surface area contributed by atoms with Crippen molar-refractivity contribution < 1.29 is 19.2 Å². The fourth-order valence-corrected chi connectivity index (χ4v) is 3.63. The van der Waals surface area contributed by atoms with Crippen LogP contribution in [0.15, 0.2) is 28.8 Å². The molecule has 1 aliphatic carbocycles. The molecule has 1 aromatic carbocycles. The number of carbonyl (C=O) groups is 1. The first-order chi connectivity index (χ1) is 11.7. The number of ether oxygens (including phenoxy) is 1. The summed E-state index contributed by atoms with van der Waals surface area (Å²) in [6, 6.07) is 7.77. The van der Waals surface area contributed by atoms with Crippen molar-refractivity contribution in [1.29, 1.82) is 0 Å². The van der Waals surface area contributed by atoms with E-state index < -0.39 is 0 Å². The molecule has 1 aromatic heterocycles. The lowest BCUT2D eigenvalue weighted by atomic mass is 9.92. The fraction of sp³-hybridized carbons (Fsp3) is 0.444. The standard InChI is InChI=1S/C18H20N2O4/c1-23-13-4-2-11-3-5-15(16(11)6-13)18(22)20-8-12(9-20)17-7-14(10-21)24-19-17/h2,4,6-7,12,15,21H,3,5,8-10H2,1H3. The van der Waals surface area contributed by atoms with Gasteiger partial charge in [-0.15, -0.1) is 0 Å². The Kier molecular flexibility index (Phi) is 3.76. The number of carbonyl (C=O) groups excluding carboxylic acids is 1. The zero-order valence-electron chi connectivity index (χ0n) is 13.6. The highest BCUT2D eigenvalue weighted by molar-refractivity contribution is 5.86. The number of fused-ring (bicyclic) bond motifs is 1. The van der Waals surface area contributed by atoms with Crippen LogP contribution in [0, 0.1) is 0 Å². The fourth-order valence-electron chi connectivity index (χ4n) is 3.63. The molecule has 126 valence electrons. The number of amides is 1. The van der Waals surface area contributed by atoms with Crippen molar-refractivity contribution in [2.45, 2.75) is 31.3 Å². The Morgan fingerprint density at radius 2 is 2.25 bits per heavy atom. The van der Waals surface area contributed by atoms with Crippen LogP contribution >= 0.6 is 0 Å². The summed E-state index contributed by atoms with van der Waals surface area (Å²) in [4.78, 5) is 14.7. The second-order valence-corrected chi connectivity index (χ2v) is 6.47. The second kappa shape index (κ2) is 5.94. The lowest BCUT2D eigenvalue weighted by molar-refractivity contribution is -0.137. The van der Waals surface area contributed by atoms with Crippen LogP contribution in [0.2, 0.25) is 0 Å². The van der Waals surface area contributed by atoms with Gasteiger partial charge in [-0.1, -0.05) is 11.2 Å². The molecule has 1 fully saturated rings. The number of aliphatic hydroxyl groups excluding tert-OH is 1. The summed E-state index contributed by atoms with van der Waals surface area (Å²) < 4.78 is 10.3. The summed E-state index contributed by atoms with van der Waals surface area (Å²) in [7, 11) is 1.64. The summed E-state index contributed by atoms with van der Waals surface area (Å²) in [6.07, 6.45) is 1.80. The highest BCUT2D eigenvalue weighted by Crippen LogP contribution is 2.39. The van der Waals surface area contributed by atoms with E-state index in [2.05, 4.69) is 11.2 Å². The quantitative estimate of drug-likeness (QED) is 0.927. The van der Waals surface area contributed by atoms with Crippen LogP contribution in [0.4, 0.5) is 0 Å². The van der Waals surface area contributed by atoms with Crippen LogP contribution in [0.5, 0.6) is 5.75 Å². The second-order valence-electron chi connectivity index (χ2n) is 6.47. The van der Waals surface area contributed by atoms with Crippen LogP contribution < -0.4 is 4.74 Å². The van der Waals surface area contributed by atoms with Gasteiger partial charge in [0, 0.05) is 25.1 Å². The van der Waals surface area contributed by atoms with Gasteiger partial charge in [0.1, 0.15) is 12.4 Å². The normalized spacial score (nSPS) is 19.9. The van der Waals surface area contributed by atoms with Crippen LogP contribution in [-0.4, -0.2) is 41.3 Å². The summed E-state index contributed by atoms with van der Waals surface area (Å²) in [5.41, 5.74) is 3.17. The number of nitrogens with zero attached hydrogens (tertiary/aromatic N) is 2. The highest BCUT2D eigenvalue weighted by Gasteiger charge is 2.39. The van der Waals surface area contributed by atoms with Crippen LogP contribution in [0.25, 0.3) is 0 Å². The van der Waals surface area contributed by atoms with Gasteiger partial charge in [0.2, 0.25) is 5.91 Å². The SMILES string of the molecule is COc1ccc2c(c1)C(C(=O)N1CC(c3cc(CO)on3)C1)CC2.